The normalized spacial score (nSPS) is 18.4. The monoisotopic (exact) mass is 440 g/mol. The van der Waals surface area contributed by atoms with Crippen molar-refractivity contribution in [1.82, 2.24) is 10.2 Å². The van der Waals surface area contributed by atoms with Gasteiger partial charge in [0.25, 0.3) is 5.91 Å². The van der Waals surface area contributed by atoms with Crippen molar-refractivity contribution in [3.8, 4) is 0 Å². The van der Waals surface area contributed by atoms with Crippen molar-refractivity contribution in [3.63, 3.8) is 0 Å². The number of ether oxygens (including phenoxy) is 1. The quantitative estimate of drug-likeness (QED) is 0.792. The highest BCUT2D eigenvalue weighted by Gasteiger charge is 2.29. The Morgan fingerprint density at radius 3 is 2.69 bits per heavy atom. The van der Waals surface area contributed by atoms with Crippen LogP contribution in [0.25, 0.3) is 0 Å². The minimum Gasteiger partial charge on any atom is -0.370 e. The number of nitrogens with zero attached hydrogens (tertiary/aromatic N) is 1. The molecule has 138 valence electrons. The molecule has 0 saturated carbocycles. The van der Waals surface area contributed by atoms with Crippen molar-refractivity contribution in [1.29, 1.82) is 0 Å². The second kappa shape index (κ2) is 8.28. The molecule has 1 aromatic heterocycles. The molecule has 2 unspecified atom stereocenters. The maximum atomic E-state index is 13.1. The van der Waals surface area contributed by atoms with Gasteiger partial charge in [0.15, 0.2) is 0 Å². The van der Waals surface area contributed by atoms with E-state index in [1.807, 2.05) is 0 Å². The van der Waals surface area contributed by atoms with E-state index in [0.717, 1.165) is 9.35 Å². The Kier molecular flexibility index (Phi) is 6.05. The van der Waals surface area contributed by atoms with E-state index in [2.05, 4.69) is 21.2 Å². The number of carbonyl (C=O) groups is 2. The molecule has 1 aromatic carbocycles. The molecule has 5 nitrogen and oxygen atoms in total. The van der Waals surface area contributed by atoms with E-state index >= 15 is 0 Å². The minimum atomic E-state index is -0.643. The molecule has 26 heavy (non-hydrogen) atoms. The van der Waals surface area contributed by atoms with Crippen LogP contribution >= 0.6 is 27.3 Å². The number of nitrogens with one attached hydrogen (secondary N) is 1. The lowest BCUT2D eigenvalue weighted by molar-refractivity contribution is -0.140. The summed E-state index contributed by atoms with van der Waals surface area (Å²) in [4.78, 5) is 27.1. The maximum Gasteiger partial charge on any atom is 0.262 e. The van der Waals surface area contributed by atoms with Gasteiger partial charge < -0.3 is 15.0 Å². The molecule has 2 atom stereocenters. The van der Waals surface area contributed by atoms with Crippen LogP contribution in [0.4, 0.5) is 4.39 Å². The average molecular weight is 441 g/mol. The lowest BCUT2D eigenvalue weighted by atomic mass is 10.1. The molecule has 2 aromatic rings. The number of morpholine rings is 1. The lowest BCUT2D eigenvalue weighted by Gasteiger charge is -2.34. The highest BCUT2D eigenvalue weighted by Crippen LogP contribution is 2.24. The van der Waals surface area contributed by atoms with Crippen molar-refractivity contribution in [2.75, 3.05) is 19.7 Å². The highest BCUT2D eigenvalue weighted by atomic mass is 79.9. The van der Waals surface area contributed by atoms with Crippen LogP contribution in [0.2, 0.25) is 0 Å². The first kappa shape index (κ1) is 19.0. The minimum absolute atomic E-state index is 0.163. The first-order chi connectivity index (χ1) is 12.4. The summed E-state index contributed by atoms with van der Waals surface area (Å²) in [5.41, 5.74) is 0.823. The van der Waals surface area contributed by atoms with Gasteiger partial charge in [-0.2, -0.15) is 0 Å². The van der Waals surface area contributed by atoms with Crippen LogP contribution in [0.1, 0.15) is 28.3 Å². The Morgan fingerprint density at radius 1 is 1.31 bits per heavy atom. The summed E-state index contributed by atoms with van der Waals surface area (Å²) in [5.74, 6) is -0.747. The molecule has 3 rings (SSSR count). The van der Waals surface area contributed by atoms with Gasteiger partial charge in [-0.05, 0) is 52.7 Å². The van der Waals surface area contributed by atoms with Crippen molar-refractivity contribution in [2.45, 2.75) is 19.1 Å². The van der Waals surface area contributed by atoms with Crippen molar-refractivity contribution >= 4 is 39.1 Å². The molecule has 0 aliphatic carbocycles. The molecule has 0 radical (unpaired) electrons. The SMILES string of the molecule is CC(NC(=O)c1ccc(Br)s1)C(=O)N1CCOC(c2ccc(F)cc2)C1. The van der Waals surface area contributed by atoms with E-state index < -0.39 is 6.04 Å². The molecular weight excluding hydrogens is 423 g/mol. The molecule has 1 saturated heterocycles. The molecule has 1 fully saturated rings. The van der Waals surface area contributed by atoms with Crippen LogP contribution in [-0.2, 0) is 9.53 Å². The smallest absolute Gasteiger partial charge is 0.262 e. The van der Waals surface area contributed by atoms with Gasteiger partial charge >= 0.3 is 0 Å². The van der Waals surface area contributed by atoms with Crippen LogP contribution in [-0.4, -0.2) is 42.5 Å². The molecule has 1 aliphatic heterocycles. The Bertz CT molecular complexity index is 796. The lowest BCUT2D eigenvalue weighted by Crippen LogP contribution is -2.51. The van der Waals surface area contributed by atoms with E-state index in [4.69, 9.17) is 4.74 Å². The Labute approximate surface area is 163 Å². The number of amides is 2. The summed E-state index contributed by atoms with van der Waals surface area (Å²) in [6.45, 7) is 2.90. The van der Waals surface area contributed by atoms with Gasteiger partial charge in [-0.25, -0.2) is 4.39 Å². The third-order valence-electron chi connectivity index (χ3n) is 4.13. The predicted molar refractivity (Wildman–Crippen MR) is 101 cm³/mol. The van der Waals surface area contributed by atoms with E-state index in [1.54, 1.807) is 36.1 Å². The fourth-order valence-corrected chi connectivity index (χ4v) is 4.06. The molecule has 0 bridgehead atoms. The van der Waals surface area contributed by atoms with Crippen LogP contribution in [0.5, 0.6) is 0 Å². The Balaban J connectivity index is 1.61. The second-order valence-electron chi connectivity index (χ2n) is 5.99. The number of halogens is 2. The number of benzene rings is 1. The van der Waals surface area contributed by atoms with Crippen molar-refractivity contribution in [3.05, 3.63) is 56.4 Å². The second-order valence-corrected chi connectivity index (χ2v) is 8.46. The third kappa shape index (κ3) is 4.49. The maximum absolute atomic E-state index is 13.1. The van der Waals surface area contributed by atoms with E-state index in [-0.39, 0.29) is 23.7 Å². The van der Waals surface area contributed by atoms with Crippen molar-refractivity contribution < 1.29 is 18.7 Å². The Morgan fingerprint density at radius 2 is 2.04 bits per heavy atom. The molecule has 2 amide bonds. The van der Waals surface area contributed by atoms with Gasteiger partial charge in [0.2, 0.25) is 5.91 Å². The zero-order valence-corrected chi connectivity index (χ0v) is 16.5. The number of rotatable bonds is 4. The summed E-state index contributed by atoms with van der Waals surface area (Å²) in [7, 11) is 0. The van der Waals surface area contributed by atoms with E-state index in [0.29, 0.717) is 24.6 Å². The number of hydrogen-bond donors (Lipinski definition) is 1. The molecular formula is C18H18BrFN2O3S. The summed E-state index contributed by atoms with van der Waals surface area (Å²) >= 11 is 4.63. The third-order valence-corrected chi connectivity index (χ3v) is 5.76. The van der Waals surface area contributed by atoms with Gasteiger partial charge in [0, 0.05) is 6.54 Å². The van der Waals surface area contributed by atoms with Gasteiger partial charge in [-0.3, -0.25) is 9.59 Å². The molecule has 2 heterocycles. The van der Waals surface area contributed by atoms with Crippen LogP contribution in [0.3, 0.4) is 0 Å². The summed E-state index contributed by atoms with van der Waals surface area (Å²) in [6.07, 6.45) is -0.301. The zero-order valence-electron chi connectivity index (χ0n) is 14.1. The van der Waals surface area contributed by atoms with E-state index in [9.17, 15) is 14.0 Å². The predicted octanol–water partition coefficient (Wildman–Crippen LogP) is 3.37. The van der Waals surface area contributed by atoms with Crippen molar-refractivity contribution in [2.24, 2.45) is 0 Å². The molecule has 0 spiro atoms. The van der Waals surface area contributed by atoms with Crippen LogP contribution < -0.4 is 5.32 Å². The highest BCUT2D eigenvalue weighted by molar-refractivity contribution is 9.11. The Hall–Kier alpha value is -1.77. The fourth-order valence-electron chi connectivity index (χ4n) is 2.77. The summed E-state index contributed by atoms with van der Waals surface area (Å²) < 4.78 is 19.6. The van der Waals surface area contributed by atoms with Gasteiger partial charge in [-0.15, -0.1) is 11.3 Å². The van der Waals surface area contributed by atoms with Gasteiger partial charge in [0.1, 0.15) is 18.0 Å². The molecule has 8 heteroatoms. The van der Waals surface area contributed by atoms with Crippen LogP contribution in [0.15, 0.2) is 40.2 Å². The average Bonchev–Trinajstić information content (AvgIpc) is 3.08. The fraction of sp³-hybridized carbons (Fsp3) is 0.333. The van der Waals surface area contributed by atoms with Crippen LogP contribution in [0, 0.1) is 5.82 Å². The topological polar surface area (TPSA) is 58.6 Å². The van der Waals surface area contributed by atoms with E-state index in [1.165, 1.54) is 23.5 Å². The number of hydrogen-bond acceptors (Lipinski definition) is 4. The first-order valence-corrected chi connectivity index (χ1v) is 9.77. The standard InChI is InChI=1S/C18H18BrFN2O3S/c1-11(21-17(23)15-6-7-16(19)26-15)18(24)22-8-9-25-14(10-22)12-2-4-13(20)5-3-12/h2-7,11,14H,8-10H2,1H3,(H,21,23). The summed E-state index contributed by atoms with van der Waals surface area (Å²) in [5, 5.41) is 2.74. The first-order valence-electron chi connectivity index (χ1n) is 8.16. The molecule has 1 N–H and O–H groups in total. The molecule has 1 aliphatic rings. The van der Waals surface area contributed by atoms with Gasteiger partial charge in [-0.1, -0.05) is 12.1 Å². The zero-order chi connectivity index (χ0) is 18.7. The number of carbonyl (C=O) groups excluding carboxylic acids is 2. The summed E-state index contributed by atoms with van der Waals surface area (Å²) in [6, 6.07) is 8.93. The largest absolute Gasteiger partial charge is 0.370 e. The number of thiophene rings is 1. The van der Waals surface area contributed by atoms with Gasteiger partial charge in [0.05, 0.1) is 21.8 Å².